The molecule has 3 heterocycles. The van der Waals surface area contributed by atoms with Crippen LogP contribution in [-0.4, -0.2) is 38.7 Å². The van der Waals surface area contributed by atoms with Crippen molar-refractivity contribution in [3.05, 3.63) is 105 Å². The predicted molar refractivity (Wildman–Crippen MR) is 146 cm³/mol. The minimum atomic E-state index is -0.287. The summed E-state index contributed by atoms with van der Waals surface area (Å²) in [5, 5.41) is 5.33. The van der Waals surface area contributed by atoms with E-state index in [-0.39, 0.29) is 17.9 Å². The standard InChI is InChI=1S/C29H25ClN4O4/c1-17-10-11-21(30)15-24(17)34-18(2)13-23(32-34)27-19(3)31-28-26(9-6-12-33(28)29(27)36)38-16-25(35)20-7-5-8-22(14-20)37-4/h5-15H,16H2,1-4H3. The van der Waals surface area contributed by atoms with Gasteiger partial charge in [0.2, 0.25) is 0 Å². The Labute approximate surface area is 224 Å². The molecule has 0 aliphatic carbocycles. The average molecular weight is 529 g/mol. The largest absolute Gasteiger partial charge is 0.497 e. The summed E-state index contributed by atoms with van der Waals surface area (Å²) in [7, 11) is 1.54. The number of Topliss-reactive ketones (excluding diaryl/α,β-unsaturated/α-hetero) is 1. The van der Waals surface area contributed by atoms with E-state index in [1.54, 1.807) is 61.3 Å². The Bertz CT molecular complexity index is 1760. The van der Waals surface area contributed by atoms with Crippen LogP contribution in [0, 0.1) is 20.8 Å². The van der Waals surface area contributed by atoms with Crippen molar-refractivity contribution in [2.45, 2.75) is 20.8 Å². The summed E-state index contributed by atoms with van der Waals surface area (Å²) >= 11 is 6.22. The number of ketones is 1. The van der Waals surface area contributed by atoms with E-state index in [0.717, 1.165) is 16.9 Å². The van der Waals surface area contributed by atoms with Gasteiger partial charge in [0.25, 0.3) is 5.56 Å². The zero-order valence-electron chi connectivity index (χ0n) is 21.4. The van der Waals surface area contributed by atoms with Gasteiger partial charge < -0.3 is 9.47 Å². The number of benzene rings is 2. The van der Waals surface area contributed by atoms with Crippen molar-refractivity contribution in [3.8, 4) is 28.4 Å². The first-order valence-corrected chi connectivity index (χ1v) is 12.3. The maximum Gasteiger partial charge on any atom is 0.267 e. The number of aryl methyl sites for hydroxylation is 3. The lowest BCUT2D eigenvalue weighted by Crippen LogP contribution is -2.20. The Morgan fingerprint density at radius 3 is 2.63 bits per heavy atom. The number of halogens is 1. The van der Waals surface area contributed by atoms with Crippen molar-refractivity contribution < 1.29 is 14.3 Å². The van der Waals surface area contributed by atoms with E-state index in [0.29, 0.717) is 44.7 Å². The van der Waals surface area contributed by atoms with Gasteiger partial charge in [-0.3, -0.25) is 14.0 Å². The minimum Gasteiger partial charge on any atom is -0.497 e. The van der Waals surface area contributed by atoms with E-state index in [1.807, 2.05) is 38.1 Å². The van der Waals surface area contributed by atoms with Gasteiger partial charge in [-0.2, -0.15) is 5.10 Å². The van der Waals surface area contributed by atoms with Crippen molar-refractivity contribution in [2.24, 2.45) is 0 Å². The molecule has 2 aromatic carbocycles. The molecular weight excluding hydrogens is 504 g/mol. The summed E-state index contributed by atoms with van der Waals surface area (Å²) in [5.74, 6) is 0.686. The molecule has 0 aliphatic rings. The first-order valence-electron chi connectivity index (χ1n) is 11.9. The second-order valence-electron chi connectivity index (χ2n) is 8.90. The van der Waals surface area contributed by atoms with Crippen LogP contribution in [0.25, 0.3) is 22.6 Å². The van der Waals surface area contributed by atoms with Gasteiger partial charge in [-0.25, -0.2) is 9.67 Å². The number of rotatable bonds is 7. The third-order valence-corrected chi connectivity index (χ3v) is 6.53. The minimum absolute atomic E-state index is 0.216. The Hall–Kier alpha value is -4.43. The lowest BCUT2D eigenvalue weighted by atomic mass is 10.1. The number of fused-ring (bicyclic) bond motifs is 1. The van der Waals surface area contributed by atoms with Crippen molar-refractivity contribution in [1.82, 2.24) is 19.2 Å². The molecule has 0 unspecified atom stereocenters. The van der Waals surface area contributed by atoms with Gasteiger partial charge >= 0.3 is 0 Å². The fourth-order valence-corrected chi connectivity index (χ4v) is 4.49. The number of carbonyl (C=O) groups is 1. The van der Waals surface area contributed by atoms with Gasteiger partial charge in [-0.05, 0) is 68.8 Å². The van der Waals surface area contributed by atoms with Gasteiger partial charge in [-0.15, -0.1) is 0 Å². The summed E-state index contributed by atoms with van der Waals surface area (Å²) in [6, 6.07) is 17.7. The predicted octanol–water partition coefficient (Wildman–Crippen LogP) is 5.40. The molecule has 0 radical (unpaired) electrons. The Kier molecular flexibility index (Phi) is 6.73. The smallest absolute Gasteiger partial charge is 0.267 e. The van der Waals surface area contributed by atoms with Crippen LogP contribution in [0.15, 0.2) is 71.7 Å². The van der Waals surface area contributed by atoms with Crippen molar-refractivity contribution in [3.63, 3.8) is 0 Å². The van der Waals surface area contributed by atoms with E-state index in [1.165, 1.54) is 4.40 Å². The SMILES string of the molecule is COc1cccc(C(=O)COc2cccn3c(=O)c(-c4cc(C)n(-c5cc(Cl)ccc5C)n4)c(C)nc23)c1. The molecule has 5 rings (SSSR count). The first kappa shape index (κ1) is 25.2. The number of aromatic nitrogens is 4. The molecule has 9 heteroatoms. The Morgan fingerprint density at radius 2 is 1.84 bits per heavy atom. The van der Waals surface area contributed by atoms with E-state index in [4.69, 9.17) is 26.2 Å². The summed E-state index contributed by atoms with van der Waals surface area (Å²) in [5.41, 5.74) is 4.57. The van der Waals surface area contributed by atoms with Gasteiger partial charge in [0, 0.05) is 22.5 Å². The number of nitrogens with zero attached hydrogens (tertiary/aromatic N) is 4. The molecule has 0 spiro atoms. The number of hydrogen-bond acceptors (Lipinski definition) is 6. The molecule has 5 aromatic rings. The molecule has 3 aromatic heterocycles. The number of carbonyl (C=O) groups excluding carboxylic acids is 1. The molecule has 8 nitrogen and oxygen atoms in total. The fourth-order valence-electron chi connectivity index (χ4n) is 4.33. The topological polar surface area (TPSA) is 87.7 Å². The maximum absolute atomic E-state index is 13.6. The van der Waals surface area contributed by atoms with Crippen LogP contribution >= 0.6 is 11.6 Å². The van der Waals surface area contributed by atoms with E-state index in [2.05, 4.69) is 4.98 Å². The third kappa shape index (κ3) is 4.66. The average Bonchev–Trinajstić information content (AvgIpc) is 3.29. The van der Waals surface area contributed by atoms with Crippen LogP contribution in [0.4, 0.5) is 0 Å². The molecule has 0 bridgehead atoms. The highest BCUT2D eigenvalue weighted by atomic mass is 35.5. The van der Waals surface area contributed by atoms with Crippen LogP contribution in [0.5, 0.6) is 11.5 Å². The first-order chi connectivity index (χ1) is 18.3. The van der Waals surface area contributed by atoms with Gasteiger partial charge in [0.05, 0.1) is 24.1 Å². The zero-order valence-corrected chi connectivity index (χ0v) is 22.1. The van der Waals surface area contributed by atoms with Crippen LogP contribution in [0.2, 0.25) is 5.02 Å². The molecule has 192 valence electrons. The lowest BCUT2D eigenvalue weighted by Gasteiger charge is -2.12. The lowest BCUT2D eigenvalue weighted by molar-refractivity contribution is 0.0922. The van der Waals surface area contributed by atoms with Gasteiger partial charge in [-0.1, -0.05) is 29.8 Å². The highest BCUT2D eigenvalue weighted by Gasteiger charge is 2.19. The molecule has 0 N–H and O–H groups in total. The van der Waals surface area contributed by atoms with Crippen LogP contribution in [0.1, 0.15) is 27.3 Å². The molecule has 0 amide bonds. The van der Waals surface area contributed by atoms with E-state index >= 15 is 0 Å². The summed E-state index contributed by atoms with van der Waals surface area (Å²) in [6.07, 6.45) is 1.62. The molecule has 0 saturated heterocycles. The second kappa shape index (κ2) is 10.1. The number of hydrogen-bond donors (Lipinski definition) is 0. The molecule has 0 aliphatic heterocycles. The van der Waals surface area contributed by atoms with Crippen molar-refractivity contribution >= 4 is 23.0 Å². The normalized spacial score (nSPS) is 11.1. The second-order valence-corrected chi connectivity index (χ2v) is 9.34. The van der Waals surface area contributed by atoms with Crippen LogP contribution in [-0.2, 0) is 0 Å². The zero-order chi connectivity index (χ0) is 27.0. The number of ether oxygens (including phenoxy) is 2. The van der Waals surface area contributed by atoms with Crippen molar-refractivity contribution in [1.29, 1.82) is 0 Å². The van der Waals surface area contributed by atoms with E-state index in [9.17, 15) is 9.59 Å². The van der Waals surface area contributed by atoms with Crippen LogP contribution < -0.4 is 15.0 Å². The number of methoxy groups -OCH3 is 1. The molecule has 0 fully saturated rings. The van der Waals surface area contributed by atoms with Crippen molar-refractivity contribution in [2.75, 3.05) is 13.7 Å². The summed E-state index contributed by atoms with van der Waals surface area (Å²) in [4.78, 5) is 31.0. The third-order valence-electron chi connectivity index (χ3n) is 6.29. The maximum atomic E-state index is 13.6. The monoisotopic (exact) mass is 528 g/mol. The molecule has 0 saturated carbocycles. The molecular formula is C29H25ClN4O4. The quantitative estimate of drug-likeness (QED) is 0.263. The van der Waals surface area contributed by atoms with Gasteiger partial charge in [0.1, 0.15) is 11.4 Å². The van der Waals surface area contributed by atoms with Gasteiger partial charge in [0.15, 0.2) is 23.8 Å². The summed E-state index contributed by atoms with van der Waals surface area (Å²) in [6.45, 7) is 5.44. The fraction of sp³-hybridized carbons (Fsp3) is 0.172. The number of pyridine rings is 1. The van der Waals surface area contributed by atoms with Crippen LogP contribution in [0.3, 0.4) is 0 Å². The highest BCUT2D eigenvalue weighted by Crippen LogP contribution is 2.26. The molecule has 38 heavy (non-hydrogen) atoms. The Morgan fingerprint density at radius 1 is 1.03 bits per heavy atom. The Balaban J connectivity index is 1.50. The highest BCUT2D eigenvalue weighted by molar-refractivity contribution is 6.30. The molecule has 0 atom stereocenters. The van der Waals surface area contributed by atoms with E-state index < -0.39 is 0 Å². The summed E-state index contributed by atoms with van der Waals surface area (Å²) < 4.78 is 14.2.